The fourth-order valence-electron chi connectivity index (χ4n) is 1.30. The Kier molecular flexibility index (Phi) is 2.87. The minimum Gasteiger partial charge on any atom is -0.508 e. The molecule has 16 heavy (non-hydrogen) atoms. The molecule has 0 saturated carbocycles. The molecule has 0 spiro atoms. The van der Waals surface area contributed by atoms with Gasteiger partial charge >= 0.3 is 0 Å². The number of benzene rings is 1. The van der Waals surface area contributed by atoms with E-state index >= 15 is 0 Å². The van der Waals surface area contributed by atoms with Gasteiger partial charge in [-0.15, -0.1) is 11.3 Å². The second-order valence-corrected chi connectivity index (χ2v) is 4.21. The van der Waals surface area contributed by atoms with Crippen LogP contribution in [0.5, 0.6) is 5.75 Å². The molecule has 82 valence electrons. The van der Waals surface area contributed by atoms with Gasteiger partial charge in [-0.2, -0.15) is 0 Å². The number of aromatic nitrogens is 1. The molecule has 2 rings (SSSR count). The Morgan fingerprint density at radius 2 is 2.31 bits per heavy atom. The lowest BCUT2D eigenvalue weighted by molar-refractivity contribution is 0.103. The van der Waals surface area contributed by atoms with Crippen molar-refractivity contribution in [3.63, 3.8) is 0 Å². The SMILES string of the molecule is Cc1cc(O)ccc1NC(=O)c1cncs1. The molecule has 0 aliphatic rings. The largest absolute Gasteiger partial charge is 0.508 e. The zero-order valence-corrected chi connectivity index (χ0v) is 9.41. The van der Waals surface area contributed by atoms with Crippen LogP contribution in [0, 0.1) is 6.92 Å². The van der Waals surface area contributed by atoms with Crippen molar-refractivity contribution >= 4 is 22.9 Å². The van der Waals surface area contributed by atoms with Gasteiger partial charge in [0, 0.05) is 5.69 Å². The molecule has 0 unspecified atom stereocenters. The normalized spacial score (nSPS) is 10.1. The molecule has 1 aromatic heterocycles. The van der Waals surface area contributed by atoms with Crippen molar-refractivity contribution in [2.24, 2.45) is 0 Å². The molecule has 0 aliphatic heterocycles. The minimum absolute atomic E-state index is 0.184. The number of anilines is 1. The van der Waals surface area contributed by atoms with Gasteiger partial charge in [0.1, 0.15) is 10.6 Å². The van der Waals surface area contributed by atoms with Crippen LogP contribution in [0.1, 0.15) is 15.2 Å². The second kappa shape index (κ2) is 4.32. The smallest absolute Gasteiger partial charge is 0.267 e. The van der Waals surface area contributed by atoms with E-state index in [1.165, 1.54) is 23.6 Å². The van der Waals surface area contributed by atoms with Crippen LogP contribution in [0.25, 0.3) is 0 Å². The molecule has 1 amide bonds. The van der Waals surface area contributed by atoms with Crippen molar-refractivity contribution in [2.75, 3.05) is 5.32 Å². The molecule has 0 atom stereocenters. The Balaban J connectivity index is 2.18. The summed E-state index contributed by atoms with van der Waals surface area (Å²) < 4.78 is 0. The fraction of sp³-hybridized carbons (Fsp3) is 0.0909. The van der Waals surface area contributed by atoms with E-state index in [-0.39, 0.29) is 11.7 Å². The van der Waals surface area contributed by atoms with E-state index < -0.39 is 0 Å². The van der Waals surface area contributed by atoms with Gasteiger partial charge in [-0.3, -0.25) is 9.78 Å². The number of hydrogen-bond acceptors (Lipinski definition) is 4. The standard InChI is InChI=1S/C11H10N2O2S/c1-7-4-8(14)2-3-9(7)13-11(15)10-5-12-6-16-10/h2-6,14H,1H3,(H,13,15). The number of phenolic OH excluding ortho intramolecular Hbond substituents is 1. The molecule has 5 heteroatoms. The van der Waals surface area contributed by atoms with E-state index in [1.54, 1.807) is 17.6 Å². The van der Waals surface area contributed by atoms with E-state index in [0.29, 0.717) is 10.6 Å². The Morgan fingerprint density at radius 1 is 1.50 bits per heavy atom. The molecule has 0 radical (unpaired) electrons. The number of aryl methyl sites for hydroxylation is 1. The number of amides is 1. The summed E-state index contributed by atoms with van der Waals surface area (Å²) in [5.74, 6) is 0.00424. The first-order valence-corrected chi connectivity index (χ1v) is 5.54. The van der Waals surface area contributed by atoms with Gasteiger partial charge in [-0.1, -0.05) is 0 Å². The summed E-state index contributed by atoms with van der Waals surface area (Å²) in [6.45, 7) is 1.82. The molecule has 0 aliphatic carbocycles. The highest BCUT2D eigenvalue weighted by Crippen LogP contribution is 2.21. The first-order valence-electron chi connectivity index (χ1n) is 4.66. The summed E-state index contributed by atoms with van der Waals surface area (Å²) in [7, 11) is 0. The summed E-state index contributed by atoms with van der Waals surface area (Å²) in [6.07, 6.45) is 1.52. The third-order valence-corrected chi connectivity index (χ3v) is 2.89. The van der Waals surface area contributed by atoms with Crippen LogP contribution >= 0.6 is 11.3 Å². The van der Waals surface area contributed by atoms with Crippen molar-refractivity contribution in [1.82, 2.24) is 4.98 Å². The first-order chi connectivity index (χ1) is 7.66. The molecular formula is C11H10N2O2S. The van der Waals surface area contributed by atoms with Crippen molar-refractivity contribution < 1.29 is 9.90 Å². The van der Waals surface area contributed by atoms with E-state index in [2.05, 4.69) is 10.3 Å². The van der Waals surface area contributed by atoms with Crippen LogP contribution in [0.2, 0.25) is 0 Å². The van der Waals surface area contributed by atoms with Gasteiger partial charge < -0.3 is 10.4 Å². The number of thiazole rings is 1. The van der Waals surface area contributed by atoms with Crippen LogP contribution in [-0.2, 0) is 0 Å². The van der Waals surface area contributed by atoms with E-state index in [9.17, 15) is 9.90 Å². The van der Waals surface area contributed by atoms with E-state index in [4.69, 9.17) is 0 Å². The van der Waals surface area contributed by atoms with Crippen LogP contribution in [0.15, 0.2) is 29.9 Å². The van der Waals surface area contributed by atoms with Gasteiger partial charge in [-0.05, 0) is 30.7 Å². The highest BCUT2D eigenvalue weighted by Gasteiger charge is 2.09. The van der Waals surface area contributed by atoms with Gasteiger partial charge in [0.05, 0.1) is 11.7 Å². The minimum atomic E-state index is -0.184. The van der Waals surface area contributed by atoms with Crippen molar-refractivity contribution in [3.8, 4) is 5.75 Å². The van der Waals surface area contributed by atoms with Crippen LogP contribution in [-0.4, -0.2) is 16.0 Å². The lowest BCUT2D eigenvalue weighted by Crippen LogP contribution is -2.10. The molecule has 0 bridgehead atoms. The summed E-state index contributed by atoms with van der Waals surface area (Å²) >= 11 is 1.29. The van der Waals surface area contributed by atoms with Crippen LogP contribution in [0.3, 0.4) is 0 Å². The third-order valence-electron chi connectivity index (χ3n) is 2.11. The molecule has 0 saturated heterocycles. The number of phenols is 1. The Hall–Kier alpha value is -1.88. The van der Waals surface area contributed by atoms with Crippen LogP contribution in [0.4, 0.5) is 5.69 Å². The topological polar surface area (TPSA) is 62.2 Å². The summed E-state index contributed by atoms with van der Waals surface area (Å²) in [5.41, 5.74) is 3.12. The predicted octanol–water partition coefficient (Wildman–Crippen LogP) is 2.41. The van der Waals surface area contributed by atoms with E-state index in [1.807, 2.05) is 6.92 Å². The second-order valence-electron chi connectivity index (χ2n) is 3.32. The van der Waals surface area contributed by atoms with Crippen molar-refractivity contribution in [2.45, 2.75) is 6.92 Å². The Bertz CT molecular complexity index is 509. The zero-order valence-electron chi connectivity index (χ0n) is 8.60. The average Bonchev–Trinajstić information content (AvgIpc) is 2.75. The maximum Gasteiger partial charge on any atom is 0.267 e. The zero-order chi connectivity index (χ0) is 11.5. The van der Waals surface area contributed by atoms with Gasteiger partial charge in [0.25, 0.3) is 5.91 Å². The number of hydrogen-bond donors (Lipinski definition) is 2. The van der Waals surface area contributed by atoms with Gasteiger partial charge in [0.15, 0.2) is 0 Å². The average molecular weight is 234 g/mol. The molecule has 2 N–H and O–H groups in total. The monoisotopic (exact) mass is 234 g/mol. The third kappa shape index (κ3) is 2.20. The highest BCUT2D eigenvalue weighted by molar-refractivity contribution is 7.11. The molecular weight excluding hydrogens is 224 g/mol. The summed E-state index contributed by atoms with van der Waals surface area (Å²) in [4.78, 5) is 16.1. The highest BCUT2D eigenvalue weighted by atomic mass is 32.1. The lowest BCUT2D eigenvalue weighted by Gasteiger charge is -2.07. The maximum absolute atomic E-state index is 11.7. The molecule has 2 aromatic rings. The quantitative estimate of drug-likeness (QED) is 0.784. The fourth-order valence-corrected chi connectivity index (χ4v) is 1.81. The maximum atomic E-state index is 11.7. The lowest BCUT2D eigenvalue weighted by atomic mass is 10.2. The molecule has 1 heterocycles. The number of rotatable bonds is 2. The molecule has 0 fully saturated rings. The Morgan fingerprint density at radius 3 is 2.94 bits per heavy atom. The first kappa shape index (κ1) is 10.6. The predicted molar refractivity (Wildman–Crippen MR) is 62.9 cm³/mol. The number of carbonyl (C=O) groups is 1. The summed E-state index contributed by atoms with van der Waals surface area (Å²) in [5, 5.41) is 12.0. The summed E-state index contributed by atoms with van der Waals surface area (Å²) in [6, 6.07) is 4.81. The van der Waals surface area contributed by atoms with Crippen molar-refractivity contribution in [3.05, 3.63) is 40.3 Å². The van der Waals surface area contributed by atoms with Gasteiger partial charge in [-0.25, -0.2) is 0 Å². The Labute approximate surface area is 96.6 Å². The number of nitrogens with zero attached hydrogens (tertiary/aromatic N) is 1. The van der Waals surface area contributed by atoms with Crippen molar-refractivity contribution in [1.29, 1.82) is 0 Å². The van der Waals surface area contributed by atoms with Crippen LogP contribution < -0.4 is 5.32 Å². The number of aromatic hydroxyl groups is 1. The number of nitrogens with one attached hydrogen (secondary N) is 1. The molecule has 4 nitrogen and oxygen atoms in total. The van der Waals surface area contributed by atoms with E-state index in [0.717, 1.165) is 5.56 Å². The molecule has 1 aromatic carbocycles. The number of carbonyl (C=O) groups excluding carboxylic acids is 1. The van der Waals surface area contributed by atoms with Gasteiger partial charge in [0.2, 0.25) is 0 Å².